The number of nitrogens with two attached hydrogens (primary N) is 1. The maximum absolute atomic E-state index is 6.01. The molecule has 4 nitrogen and oxygen atoms in total. The van der Waals surface area contributed by atoms with Crippen molar-refractivity contribution in [1.82, 2.24) is 9.80 Å². The lowest BCUT2D eigenvalue weighted by molar-refractivity contribution is 0.0342. The minimum atomic E-state index is 0. The van der Waals surface area contributed by atoms with Crippen LogP contribution in [0, 0.1) is 5.92 Å². The lowest BCUT2D eigenvalue weighted by Gasteiger charge is -2.28. The fourth-order valence-corrected chi connectivity index (χ4v) is 3.57. The molecule has 3 rings (SSSR count). The van der Waals surface area contributed by atoms with E-state index in [0.29, 0.717) is 11.8 Å². The minimum Gasteiger partial charge on any atom is -0.379 e. The smallest absolute Gasteiger partial charge is 0.0594 e. The van der Waals surface area contributed by atoms with Crippen LogP contribution in [-0.2, 0) is 4.74 Å². The Morgan fingerprint density at radius 1 is 0.957 bits per heavy atom. The molecule has 2 N–H and O–H groups in total. The van der Waals surface area contributed by atoms with Crippen LogP contribution >= 0.6 is 24.8 Å². The fourth-order valence-electron chi connectivity index (χ4n) is 3.57. The summed E-state index contributed by atoms with van der Waals surface area (Å²) in [5.74, 6) is 1.19. The van der Waals surface area contributed by atoms with E-state index >= 15 is 0 Å². The molecule has 0 aromatic heterocycles. The molecule has 0 radical (unpaired) electrons. The van der Waals surface area contributed by atoms with E-state index in [2.05, 4.69) is 40.1 Å². The van der Waals surface area contributed by atoms with E-state index in [1.165, 1.54) is 5.56 Å². The molecule has 1 aromatic rings. The van der Waals surface area contributed by atoms with Crippen molar-refractivity contribution in [2.45, 2.75) is 5.92 Å². The lowest BCUT2D eigenvalue weighted by atomic mass is 9.89. The van der Waals surface area contributed by atoms with Crippen molar-refractivity contribution in [3.05, 3.63) is 35.9 Å². The number of ether oxygens (including phenoxy) is 1. The van der Waals surface area contributed by atoms with Crippen LogP contribution < -0.4 is 5.73 Å². The number of benzene rings is 1. The van der Waals surface area contributed by atoms with Crippen molar-refractivity contribution in [3.8, 4) is 0 Å². The second-order valence-corrected chi connectivity index (χ2v) is 6.23. The third kappa shape index (κ3) is 5.59. The summed E-state index contributed by atoms with van der Waals surface area (Å²) >= 11 is 0. The summed E-state index contributed by atoms with van der Waals surface area (Å²) in [5, 5.41) is 0. The average Bonchev–Trinajstić information content (AvgIpc) is 2.98. The first-order valence-corrected chi connectivity index (χ1v) is 8.14. The van der Waals surface area contributed by atoms with Gasteiger partial charge in [0.1, 0.15) is 0 Å². The van der Waals surface area contributed by atoms with Gasteiger partial charge in [-0.25, -0.2) is 0 Å². The zero-order chi connectivity index (χ0) is 14.5. The summed E-state index contributed by atoms with van der Waals surface area (Å²) in [6, 6.07) is 10.9. The molecule has 2 fully saturated rings. The Hall–Kier alpha value is -0.360. The largest absolute Gasteiger partial charge is 0.379 e. The van der Waals surface area contributed by atoms with E-state index in [4.69, 9.17) is 10.5 Å². The van der Waals surface area contributed by atoms with Gasteiger partial charge in [-0.3, -0.25) is 4.90 Å². The van der Waals surface area contributed by atoms with Gasteiger partial charge in [0.05, 0.1) is 13.2 Å². The Morgan fingerprint density at radius 3 is 2.26 bits per heavy atom. The standard InChI is InChI=1S/C17H27N3O.2ClH/c18-12-16-13-20(7-6-19-8-10-21-11-9-19)14-17(16)15-4-2-1-3-5-15;;/h1-5,16-17H,6-14,18H2;2*1H/t16-,17+;;/m1../s1. The normalized spacial score (nSPS) is 25.6. The molecule has 2 atom stereocenters. The Balaban J connectivity index is 0.00000132. The molecule has 0 spiro atoms. The van der Waals surface area contributed by atoms with Crippen molar-refractivity contribution in [3.63, 3.8) is 0 Å². The predicted molar refractivity (Wildman–Crippen MR) is 99.9 cm³/mol. The number of hydrogen-bond acceptors (Lipinski definition) is 4. The Kier molecular flexibility index (Phi) is 9.44. The molecule has 0 bridgehead atoms. The summed E-state index contributed by atoms with van der Waals surface area (Å²) in [4.78, 5) is 5.10. The maximum Gasteiger partial charge on any atom is 0.0594 e. The van der Waals surface area contributed by atoms with Gasteiger partial charge in [-0.05, 0) is 18.0 Å². The van der Waals surface area contributed by atoms with Gasteiger partial charge in [0.25, 0.3) is 0 Å². The molecule has 2 aliphatic heterocycles. The third-order valence-corrected chi connectivity index (χ3v) is 4.88. The highest BCUT2D eigenvalue weighted by Crippen LogP contribution is 2.31. The first-order valence-electron chi connectivity index (χ1n) is 8.14. The SMILES string of the molecule is Cl.Cl.NC[C@@H]1CN(CCN2CCOCC2)C[C@H]1c1ccccc1. The van der Waals surface area contributed by atoms with Crippen LogP contribution in [-0.4, -0.2) is 68.8 Å². The van der Waals surface area contributed by atoms with Gasteiger partial charge in [-0.2, -0.15) is 0 Å². The van der Waals surface area contributed by atoms with Crippen LogP contribution in [0.25, 0.3) is 0 Å². The van der Waals surface area contributed by atoms with Gasteiger partial charge >= 0.3 is 0 Å². The quantitative estimate of drug-likeness (QED) is 0.868. The van der Waals surface area contributed by atoms with Gasteiger partial charge in [-0.1, -0.05) is 30.3 Å². The highest BCUT2D eigenvalue weighted by atomic mass is 35.5. The van der Waals surface area contributed by atoms with Crippen LogP contribution in [0.15, 0.2) is 30.3 Å². The highest BCUT2D eigenvalue weighted by molar-refractivity contribution is 5.85. The van der Waals surface area contributed by atoms with Crippen molar-refractivity contribution in [2.24, 2.45) is 11.7 Å². The summed E-state index contributed by atoms with van der Waals surface area (Å²) in [6.45, 7) is 9.31. The van der Waals surface area contributed by atoms with Crippen LogP contribution in [0.1, 0.15) is 11.5 Å². The van der Waals surface area contributed by atoms with Crippen LogP contribution in [0.3, 0.4) is 0 Å². The molecule has 0 aliphatic carbocycles. The molecule has 1 aromatic carbocycles. The first-order chi connectivity index (χ1) is 10.4. The first kappa shape index (κ1) is 20.7. The van der Waals surface area contributed by atoms with Crippen LogP contribution in [0.5, 0.6) is 0 Å². The van der Waals surface area contributed by atoms with E-state index in [9.17, 15) is 0 Å². The summed E-state index contributed by atoms with van der Waals surface area (Å²) < 4.78 is 5.41. The van der Waals surface area contributed by atoms with Crippen LogP contribution in [0.2, 0.25) is 0 Å². The molecule has 0 unspecified atom stereocenters. The van der Waals surface area contributed by atoms with Crippen molar-refractivity contribution in [1.29, 1.82) is 0 Å². The molecular weight excluding hydrogens is 333 g/mol. The molecule has 2 saturated heterocycles. The number of hydrogen-bond donors (Lipinski definition) is 1. The van der Waals surface area contributed by atoms with E-state index in [1.807, 2.05) is 0 Å². The zero-order valence-corrected chi connectivity index (χ0v) is 15.2. The van der Waals surface area contributed by atoms with E-state index in [1.54, 1.807) is 0 Å². The van der Waals surface area contributed by atoms with Gasteiger partial charge < -0.3 is 15.4 Å². The number of nitrogens with zero attached hydrogens (tertiary/aromatic N) is 2. The third-order valence-electron chi connectivity index (χ3n) is 4.88. The van der Waals surface area contributed by atoms with Gasteiger partial charge in [0.15, 0.2) is 0 Å². The van der Waals surface area contributed by atoms with Gasteiger partial charge in [0.2, 0.25) is 0 Å². The number of morpholine rings is 1. The second kappa shape index (κ2) is 10.5. The summed E-state index contributed by atoms with van der Waals surface area (Å²) in [6.07, 6.45) is 0. The van der Waals surface area contributed by atoms with Gasteiger partial charge in [-0.15, -0.1) is 24.8 Å². The van der Waals surface area contributed by atoms with Crippen molar-refractivity contribution < 1.29 is 4.74 Å². The molecule has 2 aliphatic rings. The number of likely N-dealkylation sites (tertiary alicyclic amines) is 1. The Morgan fingerprint density at radius 2 is 1.61 bits per heavy atom. The van der Waals surface area contributed by atoms with E-state index in [0.717, 1.165) is 59.0 Å². The monoisotopic (exact) mass is 361 g/mol. The van der Waals surface area contributed by atoms with Crippen molar-refractivity contribution >= 4 is 24.8 Å². The van der Waals surface area contributed by atoms with Crippen molar-refractivity contribution in [2.75, 3.05) is 59.0 Å². The predicted octanol–water partition coefficient (Wildman–Crippen LogP) is 1.84. The molecule has 132 valence electrons. The molecular formula is C17H29Cl2N3O. The topological polar surface area (TPSA) is 41.7 Å². The molecule has 0 saturated carbocycles. The molecule has 2 heterocycles. The Bertz CT molecular complexity index is 429. The van der Waals surface area contributed by atoms with Crippen LogP contribution in [0.4, 0.5) is 0 Å². The summed E-state index contributed by atoms with van der Waals surface area (Å²) in [5.41, 5.74) is 7.46. The number of rotatable bonds is 5. The van der Waals surface area contributed by atoms with E-state index in [-0.39, 0.29) is 24.8 Å². The second-order valence-electron chi connectivity index (χ2n) is 6.23. The maximum atomic E-state index is 6.01. The van der Waals surface area contributed by atoms with Gasteiger partial charge in [0, 0.05) is 45.2 Å². The van der Waals surface area contributed by atoms with E-state index < -0.39 is 0 Å². The Labute approximate surface area is 152 Å². The molecule has 6 heteroatoms. The highest BCUT2D eigenvalue weighted by Gasteiger charge is 2.32. The minimum absolute atomic E-state index is 0. The number of halogens is 2. The lowest BCUT2D eigenvalue weighted by Crippen LogP contribution is -2.41. The zero-order valence-electron chi connectivity index (χ0n) is 13.6. The summed E-state index contributed by atoms with van der Waals surface area (Å²) in [7, 11) is 0. The molecule has 23 heavy (non-hydrogen) atoms. The molecule has 0 amide bonds. The fraction of sp³-hybridized carbons (Fsp3) is 0.647. The average molecular weight is 362 g/mol.